The molecule has 2 aromatic rings. The molecular formula is C12H11ClFN3O. The molecule has 0 amide bonds. The van der Waals surface area contributed by atoms with E-state index in [1.54, 1.807) is 12.1 Å². The van der Waals surface area contributed by atoms with Crippen molar-refractivity contribution in [1.82, 2.24) is 4.98 Å². The molecule has 0 saturated heterocycles. The number of aromatic nitrogens is 1. The molecule has 94 valence electrons. The number of halogens is 2. The fourth-order valence-corrected chi connectivity index (χ4v) is 1.59. The number of hydrogen-bond donors (Lipinski definition) is 2. The number of nitrogen functional groups attached to an aromatic ring is 1. The van der Waals surface area contributed by atoms with Gasteiger partial charge in [-0.05, 0) is 30.3 Å². The Morgan fingerprint density at radius 3 is 2.83 bits per heavy atom. The molecule has 0 saturated carbocycles. The molecular weight excluding hydrogens is 257 g/mol. The number of benzene rings is 1. The Balaban J connectivity index is 2.31. The van der Waals surface area contributed by atoms with E-state index in [2.05, 4.69) is 10.3 Å². The first-order valence-corrected chi connectivity index (χ1v) is 5.50. The average Bonchev–Trinajstić information content (AvgIpc) is 2.36. The van der Waals surface area contributed by atoms with Crippen LogP contribution in [0.3, 0.4) is 0 Å². The van der Waals surface area contributed by atoms with E-state index in [4.69, 9.17) is 22.1 Å². The van der Waals surface area contributed by atoms with Crippen LogP contribution < -0.4 is 15.8 Å². The molecule has 0 aliphatic carbocycles. The van der Waals surface area contributed by atoms with Crippen LogP contribution in [0.1, 0.15) is 0 Å². The van der Waals surface area contributed by atoms with Crippen molar-refractivity contribution < 1.29 is 9.13 Å². The molecule has 0 unspecified atom stereocenters. The maximum Gasteiger partial charge on any atom is 0.238 e. The summed E-state index contributed by atoms with van der Waals surface area (Å²) < 4.78 is 18.5. The minimum Gasteiger partial charge on any atom is -0.479 e. The van der Waals surface area contributed by atoms with Crippen LogP contribution in [0, 0.1) is 5.82 Å². The fourth-order valence-electron chi connectivity index (χ4n) is 1.42. The van der Waals surface area contributed by atoms with Crippen molar-refractivity contribution in [2.75, 3.05) is 18.2 Å². The van der Waals surface area contributed by atoms with E-state index in [1.807, 2.05) is 0 Å². The lowest BCUT2D eigenvalue weighted by Gasteiger charge is -2.09. The number of nitrogens with two attached hydrogens (primary N) is 1. The topological polar surface area (TPSA) is 60.2 Å². The van der Waals surface area contributed by atoms with Crippen molar-refractivity contribution in [3.05, 3.63) is 41.2 Å². The number of methoxy groups -OCH3 is 1. The highest BCUT2D eigenvalue weighted by molar-refractivity contribution is 6.30. The number of ether oxygens (including phenoxy) is 1. The second kappa shape index (κ2) is 5.10. The zero-order chi connectivity index (χ0) is 13.1. The van der Waals surface area contributed by atoms with E-state index >= 15 is 0 Å². The van der Waals surface area contributed by atoms with Crippen LogP contribution in [0.2, 0.25) is 5.02 Å². The maximum atomic E-state index is 13.5. The highest BCUT2D eigenvalue weighted by Gasteiger charge is 2.06. The Morgan fingerprint density at radius 1 is 1.33 bits per heavy atom. The van der Waals surface area contributed by atoms with Gasteiger partial charge < -0.3 is 15.8 Å². The van der Waals surface area contributed by atoms with Crippen LogP contribution >= 0.6 is 11.6 Å². The number of nitrogens with zero attached hydrogens (tertiary/aromatic N) is 1. The highest BCUT2D eigenvalue weighted by atomic mass is 35.5. The van der Waals surface area contributed by atoms with Crippen LogP contribution in [-0.2, 0) is 0 Å². The van der Waals surface area contributed by atoms with Crippen LogP contribution in [-0.4, -0.2) is 12.1 Å². The van der Waals surface area contributed by atoms with E-state index in [0.717, 1.165) is 0 Å². The van der Waals surface area contributed by atoms with Gasteiger partial charge in [0.1, 0.15) is 11.6 Å². The van der Waals surface area contributed by atoms with Gasteiger partial charge >= 0.3 is 0 Å². The van der Waals surface area contributed by atoms with Gasteiger partial charge in [-0.3, -0.25) is 0 Å². The molecule has 1 heterocycles. The summed E-state index contributed by atoms with van der Waals surface area (Å²) in [5, 5.41) is 3.24. The smallest absolute Gasteiger partial charge is 0.238 e. The Labute approximate surface area is 109 Å². The molecule has 3 N–H and O–H groups in total. The van der Waals surface area contributed by atoms with E-state index in [0.29, 0.717) is 16.5 Å². The number of rotatable bonds is 3. The summed E-state index contributed by atoms with van der Waals surface area (Å²) in [6, 6.07) is 7.47. The molecule has 6 heteroatoms. The van der Waals surface area contributed by atoms with Crippen LogP contribution in [0.15, 0.2) is 30.3 Å². The summed E-state index contributed by atoms with van der Waals surface area (Å²) in [6.45, 7) is 0. The van der Waals surface area contributed by atoms with E-state index in [9.17, 15) is 4.39 Å². The quantitative estimate of drug-likeness (QED) is 0.896. The third kappa shape index (κ3) is 2.62. The Kier molecular flexibility index (Phi) is 3.53. The lowest BCUT2D eigenvalue weighted by atomic mass is 10.3. The number of pyridine rings is 1. The van der Waals surface area contributed by atoms with Crippen molar-refractivity contribution in [1.29, 1.82) is 0 Å². The van der Waals surface area contributed by atoms with Gasteiger partial charge in [0.2, 0.25) is 5.88 Å². The van der Waals surface area contributed by atoms with Crippen LogP contribution in [0.5, 0.6) is 5.88 Å². The summed E-state index contributed by atoms with van der Waals surface area (Å²) in [5.74, 6) is 0.279. The molecule has 0 aliphatic rings. The summed E-state index contributed by atoms with van der Waals surface area (Å²) in [5.41, 5.74) is 6.29. The molecule has 1 aromatic carbocycles. The predicted molar refractivity (Wildman–Crippen MR) is 69.9 cm³/mol. The first-order chi connectivity index (χ1) is 8.60. The van der Waals surface area contributed by atoms with Gasteiger partial charge in [-0.15, -0.1) is 0 Å². The van der Waals surface area contributed by atoms with Gasteiger partial charge in [-0.25, -0.2) is 4.39 Å². The monoisotopic (exact) mass is 267 g/mol. The minimum absolute atomic E-state index is 0.238. The first kappa shape index (κ1) is 12.4. The number of anilines is 3. The van der Waals surface area contributed by atoms with Gasteiger partial charge in [-0.2, -0.15) is 4.98 Å². The molecule has 1 aromatic heterocycles. The summed E-state index contributed by atoms with van der Waals surface area (Å²) in [6.07, 6.45) is 0. The zero-order valence-electron chi connectivity index (χ0n) is 9.58. The first-order valence-electron chi connectivity index (χ1n) is 5.12. The third-order valence-electron chi connectivity index (χ3n) is 2.27. The van der Waals surface area contributed by atoms with Crippen molar-refractivity contribution in [3.63, 3.8) is 0 Å². The van der Waals surface area contributed by atoms with Gasteiger partial charge in [0.05, 0.1) is 18.5 Å². The van der Waals surface area contributed by atoms with Gasteiger partial charge in [-0.1, -0.05) is 11.6 Å². The van der Waals surface area contributed by atoms with Crippen molar-refractivity contribution in [2.24, 2.45) is 0 Å². The van der Waals surface area contributed by atoms with Crippen molar-refractivity contribution in [3.8, 4) is 5.88 Å². The largest absolute Gasteiger partial charge is 0.479 e. The second-order valence-corrected chi connectivity index (χ2v) is 3.98. The van der Waals surface area contributed by atoms with Gasteiger partial charge in [0.15, 0.2) is 0 Å². The predicted octanol–water partition coefficient (Wildman–Crippen LogP) is 3.21. The molecule has 4 nitrogen and oxygen atoms in total. The molecule has 0 spiro atoms. The van der Waals surface area contributed by atoms with E-state index < -0.39 is 5.82 Å². The van der Waals surface area contributed by atoms with Crippen LogP contribution in [0.4, 0.5) is 21.6 Å². The van der Waals surface area contributed by atoms with E-state index in [1.165, 1.54) is 25.3 Å². The molecule has 18 heavy (non-hydrogen) atoms. The standard InChI is InChI=1S/C12H11ClFN3O/c1-18-12-9(15)4-5-11(17-12)16-10-6-7(13)2-3-8(10)14/h2-6H,15H2,1H3,(H,16,17). The third-order valence-corrected chi connectivity index (χ3v) is 2.51. The molecule has 2 rings (SSSR count). The summed E-state index contributed by atoms with van der Waals surface area (Å²) >= 11 is 5.80. The average molecular weight is 268 g/mol. The van der Waals surface area contributed by atoms with Crippen LogP contribution in [0.25, 0.3) is 0 Å². The number of nitrogens with one attached hydrogen (secondary N) is 1. The lowest BCUT2D eigenvalue weighted by molar-refractivity contribution is 0.401. The second-order valence-electron chi connectivity index (χ2n) is 3.54. The van der Waals surface area contributed by atoms with Gasteiger partial charge in [0, 0.05) is 5.02 Å². The SMILES string of the molecule is COc1nc(Nc2cc(Cl)ccc2F)ccc1N. The molecule has 0 radical (unpaired) electrons. The Hall–Kier alpha value is -2.01. The Morgan fingerprint density at radius 2 is 2.11 bits per heavy atom. The Bertz CT molecular complexity index is 577. The van der Waals surface area contributed by atoms with Gasteiger partial charge in [0.25, 0.3) is 0 Å². The molecule has 0 atom stereocenters. The summed E-state index contributed by atoms with van der Waals surface area (Å²) in [4.78, 5) is 4.09. The summed E-state index contributed by atoms with van der Waals surface area (Å²) in [7, 11) is 1.46. The van der Waals surface area contributed by atoms with E-state index in [-0.39, 0.29) is 11.6 Å². The number of hydrogen-bond acceptors (Lipinski definition) is 4. The maximum absolute atomic E-state index is 13.5. The molecule has 0 fully saturated rings. The minimum atomic E-state index is -0.419. The lowest BCUT2D eigenvalue weighted by Crippen LogP contribution is -2.00. The molecule has 0 aliphatic heterocycles. The fraction of sp³-hybridized carbons (Fsp3) is 0.0833. The normalized spacial score (nSPS) is 10.2. The zero-order valence-corrected chi connectivity index (χ0v) is 10.3. The van der Waals surface area contributed by atoms with Crippen molar-refractivity contribution >= 4 is 28.8 Å². The molecule has 0 bridgehead atoms. The van der Waals surface area contributed by atoms with Crippen molar-refractivity contribution in [2.45, 2.75) is 0 Å². The highest BCUT2D eigenvalue weighted by Crippen LogP contribution is 2.25.